The van der Waals surface area contributed by atoms with Crippen LogP contribution in [0.15, 0.2) is 27.8 Å². The van der Waals surface area contributed by atoms with Gasteiger partial charge in [-0.2, -0.15) is 9.40 Å². The van der Waals surface area contributed by atoms with E-state index in [1.807, 2.05) is 0 Å². The van der Waals surface area contributed by atoms with Crippen LogP contribution in [0, 0.1) is 6.92 Å². The summed E-state index contributed by atoms with van der Waals surface area (Å²) in [5, 5.41) is 3.84. The standard InChI is InChI=1S/C11H16N4O3S/c1-8-9(4-5-18-8)6-15(3)19(16,17)10-7-14(2)13-11(10)12/h4-5,7H,6H2,1-3H3,(H2,12,13). The van der Waals surface area contributed by atoms with Crippen molar-refractivity contribution < 1.29 is 12.8 Å². The molecule has 8 heteroatoms. The van der Waals surface area contributed by atoms with Crippen molar-refractivity contribution in [3.63, 3.8) is 0 Å². The predicted octanol–water partition coefficient (Wildman–Crippen LogP) is 0.724. The minimum absolute atomic E-state index is 0.00161. The molecule has 2 rings (SSSR count). The smallest absolute Gasteiger partial charge is 0.248 e. The van der Waals surface area contributed by atoms with Crippen molar-refractivity contribution >= 4 is 15.8 Å². The molecular weight excluding hydrogens is 268 g/mol. The molecule has 0 aliphatic rings. The summed E-state index contributed by atoms with van der Waals surface area (Å²) in [5.41, 5.74) is 6.43. The lowest BCUT2D eigenvalue weighted by Gasteiger charge is -2.15. The molecule has 104 valence electrons. The largest absolute Gasteiger partial charge is 0.469 e. The Labute approximate surface area is 111 Å². The zero-order chi connectivity index (χ0) is 14.2. The van der Waals surface area contributed by atoms with Crippen molar-refractivity contribution in [3.05, 3.63) is 29.9 Å². The molecule has 0 radical (unpaired) electrons. The summed E-state index contributed by atoms with van der Waals surface area (Å²) in [6.45, 7) is 2.01. The second kappa shape index (κ2) is 4.71. The molecule has 2 heterocycles. The molecule has 0 atom stereocenters. The zero-order valence-corrected chi connectivity index (χ0v) is 11.8. The third-order valence-corrected chi connectivity index (χ3v) is 4.69. The molecule has 0 saturated heterocycles. The van der Waals surface area contributed by atoms with Gasteiger partial charge in [0.15, 0.2) is 5.82 Å². The van der Waals surface area contributed by atoms with Crippen molar-refractivity contribution in [2.45, 2.75) is 18.4 Å². The predicted molar refractivity (Wildman–Crippen MR) is 69.7 cm³/mol. The Balaban J connectivity index is 2.30. The van der Waals surface area contributed by atoms with Gasteiger partial charge >= 0.3 is 0 Å². The van der Waals surface area contributed by atoms with Crippen molar-refractivity contribution in [1.29, 1.82) is 0 Å². The highest BCUT2D eigenvalue weighted by Gasteiger charge is 2.26. The first-order chi connectivity index (χ1) is 8.82. The Kier molecular flexibility index (Phi) is 3.38. The van der Waals surface area contributed by atoms with Gasteiger partial charge in [0.1, 0.15) is 10.7 Å². The summed E-state index contributed by atoms with van der Waals surface area (Å²) in [6, 6.07) is 1.74. The maximum absolute atomic E-state index is 12.4. The van der Waals surface area contributed by atoms with Gasteiger partial charge in [0.25, 0.3) is 0 Å². The van der Waals surface area contributed by atoms with Crippen LogP contribution in [0.4, 0.5) is 5.82 Å². The molecule has 0 spiro atoms. The van der Waals surface area contributed by atoms with E-state index in [-0.39, 0.29) is 17.3 Å². The molecule has 2 aromatic rings. The quantitative estimate of drug-likeness (QED) is 0.893. The number of rotatable bonds is 4. The van der Waals surface area contributed by atoms with E-state index in [0.29, 0.717) is 5.76 Å². The molecule has 0 bridgehead atoms. The SMILES string of the molecule is Cc1occc1CN(C)S(=O)(=O)c1cn(C)nc1N. The van der Waals surface area contributed by atoms with Crippen LogP contribution < -0.4 is 5.73 Å². The third-order valence-electron chi connectivity index (χ3n) is 2.87. The zero-order valence-electron chi connectivity index (χ0n) is 11.0. The Bertz CT molecular complexity index is 687. The number of nitrogens with zero attached hydrogens (tertiary/aromatic N) is 3. The van der Waals surface area contributed by atoms with Crippen LogP contribution in [-0.2, 0) is 23.6 Å². The first kappa shape index (κ1) is 13.6. The van der Waals surface area contributed by atoms with Crippen LogP contribution in [0.2, 0.25) is 0 Å². The van der Waals surface area contributed by atoms with E-state index in [2.05, 4.69) is 5.10 Å². The van der Waals surface area contributed by atoms with Crippen molar-refractivity contribution in [2.24, 2.45) is 7.05 Å². The number of sulfonamides is 1. The number of hydrogen-bond donors (Lipinski definition) is 1. The molecule has 2 N–H and O–H groups in total. The molecule has 7 nitrogen and oxygen atoms in total. The van der Waals surface area contributed by atoms with Gasteiger partial charge in [-0.25, -0.2) is 8.42 Å². The first-order valence-electron chi connectivity index (χ1n) is 5.61. The molecule has 19 heavy (non-hydrogen) atoms. The summed E-state index contributed by atoms with van der Waals surface area (Å²) >= 11 is 0. The van der Waals surface area contributed by atoms with Gasteiger partial charge in [-0.15, -0.1) is 0 Å². The average molecular weight is 284 g/mol. The van der Waals surface area contributed by atoms with Gasteiger partial charge in [0, 0.05) is 32.4 Å². The lowest BCUT2D eigenvalue weighted by atomic mass is 10.3. The molecule has 0 aliphatic carbocycles. The highest BCUT2D eigenvalue weighted by atomic mass is 32.2. The Morgan fingerprint density at radius 3 is 2.68 bits per heavy atom. The molecular formula is C11H16N4O3S. The number of hydrogen-bond acceptors (Lipinski definition) is 5. The molecule has 0 aliphatic heterocycles. The highest BCUT2D eigenvalue weighted by molar-refractivity contribution is 7.89. The number of aryl methyl sites for hydroxylation is 2. The van der Waals surface area contributed by atoms with E-state index in [9.17, 15) is 8.42 Å². The summed E-state index contributed by atoms with van der Waals surface area (Å²) in [7, 11) is -0.543. The van der Waals surface area contributed by atoms with Crippen LogP contribution in [0.25, 0.3) is 0 Å². The van der Waals surface area contributed by atoms with Gasteiger partial charge in [0.05, 0.1) is 6.26 Å². The molecule has 2 aromatic heterocycles. The van der Waals surface area contributed by atoms with Crippen molar-refractivity contribution in [3.8, 4) is 0 Å². The minimum Gasteiger partial charge on any atom is -0.469 e. The van der Waals surface area contributed by atoms with Gasteiger partial charge in [-0.05, 0) is 13.0 Å². The van der Waals surface area contributed by atoms with Crippen LogP contribution in [-0.4, -0.2) is 29.6 Å². The average Bonchev–Trinajstić information content (AvgIpc) is 2.86. The maximum Gasteiger partial charge on any atom is 0.248 e. The fraction of sp³-hybridized carbons (Fsp3) is 0.364. The number of furan rings is 1. The topological polar surface area (TPSA) is 94.4 Å². The second-order valence-electron chi connectivity index (χ2n) is 4.32. The van der Waals surface area contributed by atoms with E-state index in [1.54, 1.807) is 20.0 Å². The van der Waals surface area contributed by atoms with Crippen LogP contribution in [0.5, 0.6) is 0 Å². The molecule has 0 unspecified atom stereocenters. The summed E-state index contributed by atoms with van der Waals surface area (Å²) in [5.74, 6) is 0.694. The van der Waals surface area contributed by atoms with E-state index >= 15 is 0 Å². The van der Waals surface area contributed by atoms with Gasteiger partial charge in [0.2, 0.25) is 10.0 Å². The van der Waals surface area contributed by atoms with Crippen molar-refractivity contribution in [1.82, 2.24) is 14.1 Å². The van der Waals surface area contributed by atoms with E-state index in [1.165, 1.54) is 28.5 Å². The first-order valence-corrected chi connectivity index (χ1v) is 7.05. The summed E-state index contributed by atoms with van der Waals surface area (Å²) in [4.78, 5) is 0.0126. The lowest BCUT2D eigenvalue weighted by molar-refractivity contribution is 0.459. The fourth-order valence-electron chi connectivity index (χ4n) is 1.75. The number of anilines is 1. The highest BCUT2D eigenvalue weighted by Crippen LogP contribution is 2.22. The van der Waals surface area contributed by atoms with Crippen LogP contribution in [0.3, 0.4) is 0 Å². The summed E-state index contributed by atoms with van der Waals surface area (Å²) in [6.07, 6.45) is 2.92. The monoisotopic (exact) mass is 284 g/mol. The van der Waals surface area contributed by atoms with Crippen LogP contribution >= 0.6 is 0 Å². The van der Waals surface area contributed by atoms with E-state index < -0.39 is 10.0 Å². The van der Waals surface area contributed by atoms with Gasteiger partial charge < -0.3 is 10.2 Å². The number of aromatic nitrogens is 2. The second-order valence-corrected chi connectivity index (χ2v) is 6.33. The normalized spacial score (nSPS) is 12.2. The Morgan fingerprint density at radius 1 is 1.53 bits per heavy atom. The number of nitrogen functional groups attached to an aromatic ring is 1. The third kappa shape index (κ3) is 2.49. The molecule has 0 aromatic carbocycles. The van der Waals surface area contributed by atoms with Gasteiger partial charge in [-0.3, -0.25) is 4.68 Å². The maximum atomic E-state index is 12.4. The minimum atomic E-state index is -3.66. The summed E-state index contributed by atoms with van der Waals surface area (Å²) < 4.78 is 32.5. The number of nitrogens with two attached hydrogens (primary N) is 1. The fourth-order valence-corrected chi connectivity index (χ4v) is 2.99. The van der Waals surface area contributed by atoms with E-state index in [4.69, 9.17) is 10.2 Å². The molecule has 0 fully saturated rings. The van der Waals surface area contributed by atoms with Crippen LogP contribution in [0.1, 0.15) is 11.3 Å². The van der Waals surface area contributed by atoms with E-state index in [0.717, 1.165) is 5.56 Å². The Hall–Kier alpha value is -1.80. The van der Waals surface area contributed by atoms with Gasteiger partial charge in [-0.1, -0.05) is 0 Å². The lowest BCUT2D eigenvalue weighted by Crippen LogP contribution is -2.27. The molecule has 0 amide bonds. The Morgan fingerprint density at radius 2 is 2.21 bits per heavy atom. The molecule has 0 saturated carbocycles. The van der Waals surface area contributed by atoms with Crippen molar-refractivity contribution in [2.75, 3.05) is 12.8 Å².